The van der Waals surface area contributed by atoms with Crippen LogP contribution in [0.25, 0.3) is 0 Å². The lowest BCUT2D eigenvalue weighted by atomic mass is 9.79. The predicted molar refractivity (Wildman–Crippen MR) is 367 cm³/mol. The summed E-state index contributed by atoms with van der Waals surface area (Å²) in [5, 5.41) is 62.1. The largest absolute Gasteiger partial charge is 0.468 e. The second-order valence-corrected chi connectivity index (χ2v) is 36.0. The van der Waals surface area contributed by atoms with E-state index in [-0.39, 0.29) is 25.7 Å². The van der Waals surface area contributed by atoms with Crippen molar-refractivity contribution in [3.63, 3.8) is 0 Å². The highest BCUT2D eigenvalue weighted by atomic mass is 16.6. The van der Waals surface area contributed by atoms with Crippen molar-refractivity contribution in [2.24, 2.45) is 16.2 Å². The number of hydrogen-bond donors (Lipinski definition) is 5. The lowest BCUT2D eigenvalue weighted by molar-refractivity contribution is -0.263. The monoisotopic (exact) mass is 1370 g/mol. The van der Waals surface area contributed by atoms with Gasteiger partial charge in [-0.05, 0) is 234 Å². The van der Waals surface area contributed by atoms with Crippen LogP contribution in [0.15, 0.2) is 18.2 Å². The number of carbonyl (C=O) groups excluding carboxylic acids is 6. The molecule has 5 aliphatic heterocycles. The lowest BCUT2D eigenvalue weighted by Crippen LogP contribution is -2.61. The predicted octanol–water partition coefficient (Wildman–Crippen LogP) is 13.6. The third kappa shape index (κ3) is 18.9. The normalized spacial score (nSPS) is 24.5. The zero-order valence-corrected chi connectivity index (χ0v) is 64.4. The molecule has 0 amide bonds. The molecule has 97 heavy (non-hydrogen) atoms. The summed E-state index contributed by atoms with van der Waals surface area (Å²) in [6.45, 7) is 46.1. The number of nitrogens with zero attached hydrogens (tertiary/aromatic N) is 5. The van der Waals surface area contributed by atoms with Gasteiger partial charge in [0.25, 0.3) is 0 Å². The molecule has 1 aromatic carbocycles. The Hall–Kier alpha value is -4.36. The number of piperidine rings is 5. The molecular formula is C75H129N5O17. The first kappa shape index (κ1) is 83.3. The second kappa shape index (κ2) is 29.9. The summed E-state index contributed by atoms with van der Waals surface area (Å²) >= 11 is 0. The maximum absolute atomic E-state index is 15.0. The van der Waals surface area contributed by atoms with Crippen molar-refractivity contribution in [2.45, 2.75) is 381 Å². The van der Waals surface area contributed by atoms with Gasteiger partial charge in [-0.1, -0.05) is 32.0 Å². The zero-order valence-electron chi connectivity index (χ0n) is 64.4. The van der Waals surface area contributed by atoms with Crippen LogP contribution in [0.3, 0.4) is 0 Å². The van der Waals surface area contributed by atoms with Crippen LogP contribution in [0.2, 0.25) is 0 Å². The van der Waals surface area contributed by atoms with Gasteiger partial charge in [-0.15, -0.1) is 0 Å². The number of hydrogen-bond acceptors (Lipinski definition) is 22. The molecule has 5 N–H and O–H groups in total. The van der Waals surface area contributed by atoms with Gasteiger partial charge in [0.15, 0.2) is 16.2 Å². The fourth-order valence-corrected chi connectivity index (χ4v) is 17.0. The van der Waals surface area contributed by atoms with Gasteiger partial charge in [0.05, 0.1) is 7.11 Å². The number of ether oxygens (including phenoxy) is 6. The van der Waals surface area contributed by atoms with Gasteiger partial charge >= 0.3 is 35.8 Å². The molecule has 0 aliphatic carbocycles. The van der Waals surface area contributed by atoms with E-state index < -0.39 is 138 Å². The number of aryl methyl sites for hydroxylation is 3. The first-order valence-electron chi connectivity index (χ1n) is 35.7. The van der Waals surface area contributed by atoms with Crippen molar-refractivity contribution in [1.82, 2.24) is 25.3 Å². The maximum atomic E-state index is 15.0. The molecule has 0 radical (unpaired) electrons. The molecule has 1 atom stereocenters. The van der Waals surface area contributed by atoms with Crippen LogP contribution in [0, 0.1) is 16.2 Å². The van der Waals surface area contributed by atoms with Crippen LogP contribution in [-0.2, 0) is 76.5 Å². The van der Waals surface area contributed by atoms with Gasteiger partial charge in [0.2, 0.25) is 0 Å². The van der Waals surface area contributed by atoms with E-state index in [9.17, 15) is 54.8 Å². The minimum atomic E-state index is -1.82. The Morgan fingerprint density at radius 3 is 0.763 bits per heavy atom. The zero-order chi connectivity index (χ0) is 74.3. The van der Waals surface area contributed by atoms with Crippen LogP contribution >= 0.6 is 0 Å². The Kier molecular flexibility index (Phi) is 25.7. The SMILES string of the molecule is CC.COC(=O)C(C)(CCCc1ccc(CCCC(C)(C(=O)OC2CC(C)(C)N(O)C(C)(C)C2)C(=O)OC2CC(C)(C)N(O)C(C)(C)C2)cc1CCCC(C)(C(=O)OC1CC(C)(C)N(O)C(C)(C)C1)C(=O)OC1CC(C)(C)N(O)C(C)(C)C1)C(=O)OC1CC(C)(C)N(O)C(C)(C)C1. The van der Waals surface area contributed by atoms with Gasteiger partial charge in [0.1, 0.15) is 30.5 Å². The summed E-state index contributed by atoms with van der Waals surface area (Å²) in [5.74, 6) is -4.44. The highest BCUT2D eigenvalue weighted by Crippen LogP contribution is 2.46. The Morgan fingerprint density at radius 1 is 0.351 bits per heavy atom. The molecule has 5 aliphatic rings. The molecule has 22 nitrogen and oxygen atoms in total. The topological polar surface area (TPSA) is 275 Å². The first-order chi connectivity index (χ1) is 44.0. The number of esters is 6. The minimum absolute atomic E-state index is 0.000630. The van der Waals surface area contributed by atoms with E-state index in [4.69, 9.17) is 28.4 Å². The number of hydroxylamine groups is 10. The standard InChI is InChI=1S/C73H123N5O17.C2H6/c1-61(2)37-50(38-62(3,4)74(61)85)91-56(80)71(21,55(79)90-24)34-26-29-48-32-31-47(28-25-33-72(22,57(81)92-51-39-63(5,6)75(86)64(7,8)40-51)58(82)93-52-41-65(9,10)76(87)66(11,12)42-52)36-49(48)30-27-35-73(23,59(83)94-53-43-67(13,14)77(88)68(15,16)44-53)60(84)95-54-45-69(17,18)78(89)70(19,20)46-54;1-2/h31-32,36,50-54,85-89H,25-30,33-35,37-46H2,1-24H3;1-2H3. The highest BCUT2D eigenvalue weighted by Gasteiger charge is 2.56. The molecule has 1 aromatic rings. The number of carbonyl (C=O) groups is 6. The molecule has 6 rings (SSSR count). The van der Waals surface area contributed by atoms with E-state index >= 15 is 0 Å². The molecule has 22 heteroatoms. The smallest absolute Gasteiger partial charge is 0.323 e. The van der Waals surface area contributed by atoms with E-state index in [1.165, 1.54) is 39.3 Å². The summed E-state index contributed by atoms with van der Waals surface area (Å²) in [7, 11) is 1.23. The second-order valence-electron chi connectivity index (χ2n) is 36.0. The molecule has 1 unspecified atom stereocenters. The Morgan fingerprint density at radius 2 is 0.546 bits per heavy atom. The Bertz CT molecular complexity index is 2750. The van der Waals surface area contributed by atoms with Crippen molar-refractivity contribution < 1.29 is 83.2 Å². The van der Waals surface area contributed by atoms with Crippen molar-refractivity contribution in [1.29, 1.82) is 0 Å². The van der Waals surface area contributed by atoms with E-state index in [1.54, 1.807) is 13.8 Å². The highest BCUT2D eigenvalue weighted by molar-refractivity contribution is 6.01. The lowest BCUT2D eigenvalue weighted by Gasteiger charge is -2.51. The quantitative estimate of drug-likeness (QED) is 0.0387. The first-order valence-corrected chi connectivity index (χ1v) is 35.7. The molecule has 0 saturated carbocycles. The summed E-state index contributed by atoms with van der Waals surface area (Å²) in [6.07, 6.45) is 2.09. The van der Waals surface area contributed by atoms with Crippen molar-refractivity contribution in [3.8, 4) is 0 Å². The van der Waals surface area contributed by atoms with Crippen molar-refractivity contribution >= 4 is 35.8 Å². The third-order valence-electron chi connectivity index (χ3n) is 21.9. The minimum Gasteiger partial charge on any atom is -0.468 e. The number of methoxy groups -OCH3 is 1. The van der Waals surface area contributed by atoms with E-state index in [2.05, 4.69) is 0 Å². The van der Waals surface area contributed by atoms with Crippen LogP contribution in [0.5, 0.6) is 0 Å². The van der Waals surface area contributed by atoms with Gasteiger partial charge in [0, 0.05) is 120 Å². The molecule has 5 fully saturated rings. The third-order valence-corrected chi connectivity index (χ3v) is 21.9. The summed E-state index contributed by atoms with van der Waals surface area (Å²) < 4.78 is 36.8. The van der Waals surface area contributed by atoms with Crippen LogP contribution in [0.1, 0.15) is 293 Å². The summed E-state index contributed by atoms with van der Waals surface area (Å²) in [6, 6.07) is 6.00. The van der Waals surface area contributed by atoms with Crippen molar-refractivity contribution in [3.05, 3.63) is 34.9 Å². The Balaban J connectivity index is 0.00000842. The van der Waals surface area contributed by atoms with E-state index in [0.29, 0.717) is 96.3 Å². The fourth-order valence-electron chi connectivity index (χ4n) is 17.0. The number of benzene rings is 1. The molecule has 0 aromatic heterocycles. The van der Waals surface area contributed by atoms with Gasteiger partial charge in [-0.25, -0.2) is 0 Å². The maximum Gasteiger partial charge on any atom is 0.323 e. The van der Waals surface area contributed by atoms with Crippen molar-refractivity contribution in [2.75, 3.05) is 7.11 Å². The summed E-state index contributed by atoms with van der Waals surface area (Å²) in [4.78, 5) is 87.8. The summed E-state index contributed by atoms with van der Waals surface area (Å²) in [5.41, 5.74) is -10.2. The van der Waals surface area contributed by atoms with Crippen LogP contribution in [0.4, 0.5) is 0 Å². The van der Waals surface area contributed by atoms with E-state index in [1.807, 2.05) is 171 Å². The van der Waals surface area contributed by atoms with Gasteiger partial charge < -0.3 is 54.5 Å². The molecule has 5 saturated heterocycles. The van der Waals surface area contributed by atoms with Crippen LogP contribution < -0.4 is 0 Å². The number of rotatable bonds is 23. The molecule has 0 bridgehead atoms. The fraction of sp³-hybridized carbons (Fsp3) is 0.840. The Labute approximate surface area is 581 Å². The molecular weight excluding hydrogens is 1240 g/mol. The van der Waals surface area contributed by atoms with Gasteiger partial charge in [-0.3, -0.25) is 28.8 Å². The van der Waals surface area contributed by atoms with E-state index in [0.717, 1.165) is 16.7 Å². The van der Waals surface area contributed by atoms with Gasteiger partial charge in [-0.2, -0.15) is 25.3 Å². The van der Waals surface area contributed by atoms with Crippen LogP contribution in [-0.4, -0.2) is 180 Å². The molecule has 0 spiro atoms. The average Bonchev–Trinajstić information content (AvgIpc) is 0.785. The molecule has 5 heterocycles. The molecule has 556 valence electrons. The average molecular weight is 1370 g/mol.